The van der Waals surface area contributed by atoms with Crippen molar-refractivity contribution in [3.8, 4) is 5.75 Å². The fraction of sp³-hybridized carbons (Fsp3) is 0.263. The summed E-state index contributed by atoms with van der Waals surface area (Å²) in [6, 6.07) is 14.7. The Hall–Kier alpha value is -2.47. The maximum Gasteiger partial charge on any atom is 0.342 e. The first-order valence-corrected chi connectivity index (χ1v) is 9.02. The number of hydrogen-bond acceptors (Lipinski definition) is 5. The number of methoxy groups -OCH3 is 1. The summed E-state index contributed by atoms with van der Waals surface area (Å²) in [5, 5.41) is 2.75. The molecule has 0 bridgehead atoms. The number of benzene rings is 2. The monoisotopic (exact) mass is 359 g/mol. The van der Waals surface area contributed by atoms with Gasteiger partial charge in [0.05, 0.1) is 7.11 Å². The predicted octanol–water partition coefficient (Wildman–Crippen LogP) is 3.28. The molecule has 0 spiro atoms. The number of ether oxygens (including phenoxy) is 2. The normalized spacial score (nSPS) is 11.5. The molecule has 1 amide bonds. The number of thioether (sulfide) groups is 1. The molecule has 132 valence electrons. The van der Waals surface area contributed by atoms with E-state index in [0.717, 1.165) is 10.5 Å². The van der Waals surface area contributed by atoms with Crippen LogP contribution in [0.4, 0.5) is 0 Å². The van der Waals surface area contributed by atoms with Gasteiger partial charge in [-0.1, -0.05) is 30.3 Å². The van der Waals surface area contributed by atoms with Crippen LogP contribution in [0.2, 0.25) is 0 Å². The van der Waals surface area contributed by atoms with E-state index in [4.69, 9.17) is 9.47 Å². The van der Waals surface area contributed by atoms with Crippen LogP contribution in [-0.2, 0) is 16.1 Å². The summed E-state index contributed by atoms with van der Waals surface area (Å²) in [6.07, 6.45) is 1.03. The van der Waals surface area contributed by atoms with E-state index < -0.39 is 12.1 Å². The Morgan fingerprint density at radius 2 is 1.88 bits per heavy atom. The van der Waals surface area contributed by atoms with Crippen molar-refractivity contribution in [1.29, 1.82) is 0 Å². The van der Waals surface area contributed by atoms with Gasteiger partial charge in [0.25, 0.3) is 5.91 Å². The molecule has 5 nitrogen and oxygen atoms in total. The van der Waals surface area contributed by atoms with E-state index in [1.165, 1.54) is 7.11 Å². The molecule has 0 unspecified atom stereocenters. The Morgan fingerprint density at radius 1 is 1.16 bits per heavy atom. The smallest absolute Gasteiger partial charge is 0.342 e. The van der Waals surface area contributed by atoms with Crippen LogP contribution in [0.15, 0.2) is 53.4 Å². The number of esters is 1. The Balaban J connectivity index is 1.96. The molecule has 0 aliphatic rings. The maximum absolute atomic E-state index is 12.3. The molecular weight excluding hydrogens is 338 g/mol. The molecule has 6 heteroatoms. The van der Waals surface area contributed by atoms with E-state index in [1.54, 1.807) is 30.8 Å². The third kappa shape index (κ3) is 5.26. The van der Waals surface area contributed by atoms with Crippen LogP contribution in [0.5, 0.6) is 5.75 Å². The van der Waals surface area contributed by atoms with Crippen LogP contribution >= 0.6 is 11.8 Å². The second-order valence-electron chi connectivity index (χ2n) is 5.32. The fourth-order valence-corrected chi connectivity index (χ4v) is 2.60. The number of amides is 1. The minimum atomic E-state index is -0.902. The lowest BCUT2D eigenvalue weighted by atomic mass is 10.2. The van der Waals surface area contributed by atoms with E-state index in [9.17, 15) is 9.59 Å². The molecule has 0 fully saturated rings. The Kier molecular flexibility index (Phi) is 6.89. The lowest BCUT2D eigenvalue weighted by Crippen LogP contribution is -2.35. The van der Waals surface area contributed by atoms with Crippen molar-refractivity contribution in [3.63, 3.8) is 0 Å². The molecule has 25 heavy (non-hydrogen) atoms. The van der Waals surface area contributed by atoms with Crippen LogP contribution in [0, 0.1) is 0 Å². The molecule has 2 aromatic rings. The van der Waals surface area contributed by atoms with Crippen LogP contribution in [-0.4, -0.2) is 31.3 Å². The Bertz CT molecular complexity index is 733. The SMILES string of the molecule is COc1cc(SC)ccc1C(=O)O[C@@H](C)C(=O)NCc1ccccc1. The van der Waals surface area contributed by atoms with Crippen molar-refractivity contribution in [2.75, 3.05) is 13.4 Å². The topological polar surface area (TPSA) is 64.6 Å². The number of nitrogens with one attached hydrogen (secondary N) is 1. The predicted molar refractivity (Wildman–Crippen MR) is 97.9 cm³/mol. The zero-order valence-corrected chi connectivity index (χ0v) is 15.3. The quantitative estimate of drug-likeness (QED) is 0.607. The zero-order valence-electron chi connectivity index (χ0n) is 14.4. The highest BCUT2D eigenvalue weighted by atomic mass is 32.2. The fourth-order valence-electron chi connectivity index (χ4n) is 2.17. The minimum absolute atomic E-state index is 0.294. The summed E-state index contributed by atoms with van der Waals surface area (Å²) in [7, 11) is 1.49. The summed E-state index contributed by atoms with van der Waals surface area (Å²) in [4.78, 5) is 25.4. The molecule has 2 rings (SSSR count). The summed E-state index contributed by atoms with van der Waals surface area (Å²) in [5.41, 5.74) is 1.27. The Morgan fingerprint density at radius 3 is 2.52 bits per heavy atom. The van der Waals surface area contributed by atoms with Gasteiger partial charge in [0.2, 0.25) is 0 Å². The van der Waals surface area contributed by atoms with Crippen molar-refractivity contribution >= 4 is 23.6 Å². The number of hydrogen-bond donors (Lipinski definition) is 1. The first-order chi connectivity index (χ1) is 12.0. The van der Waals surface area contributed by atoms with E-state index in [2.05, 4.69) is 5.32 Å². The average Bonchev–Trinajstić information content (AvgIpc) is 2.66. The molecular formula is C19H21NO4S. The largest absolute Gasteiger partial charge is 0.496 e. The van der Waals surface area contributed by atoms with Gasteiger partial charge in [-0.05, 0) is 36.9 Å². The third-order valence-electron chi connectivity index (χ3n) is 3.59. The number of carbonyl (C=O) groups excluding carboxylic acids is 2. The molecule has 0 aliphatic heterocycles. The van der Waals surface area contributed by atoms with Gasteiger partial charge in [0.1, 0.15) is 11.3 Å². The summed E-state index contributed by atoms with van der Waals surface area (Å²) < 4.78 is 10.5. The van der Waals surface area contributed by atoms with Gasteiger partial charge in [-0.25, -0.2) is 4.79 Å². The number of rotatable bonds is 7. The van der Waals surface area contributed by atoms with Gasteiger partial charge in [-0.3, -0.25) is 4.79 Å². The van der Waals surface area contributed by atoms with Gasteiger partial charge >= 0.3 is 5.97 Å². The van der Waals surface area contributed by atoms with Gasteiger partial charge in [0, 0.05) is 11.4 Å². The summed E-state index contributed by atoms with van der Waals surface area (Å²) >= 11 is 1.55. The summed E-state index contributed by atoms with van der Waals surface area (Å²) in [6.45, 7) is 1.92. The number of carbonyl (C=O) groups is 2. The highest BCUT2D eigenvalue weighted by Gasteiger charge is 2.21. The van der Waals surface area contributed by atoms with Crippen molar-refractivity contribution in [2.45, 2.75) is 24.5 Å². The van der Waals surface area contributed by atoms with E-state index in [-0.39, 0.29) is 5.91 Å². The molecule has 0 aliphatic carbocycles. The molecule has 1 N–H and O–H groups in total. The maximum atomic E-state index is 12.3. The van der Waals surface area contributed by atoms with Gasteiger partial charge < -0.3 is 14.8 Å². The van der Waals surface area contributed by atoms with Gasteiger partial charge in [-0.2, -0.15) is 0 Å². The second-order valence-corrected chi connectivity index (χ2v) is 6.20. The molecule has 0 radical (unpaired) electrons. The molecule has 1 atom stereocenters. The molecule has 0 heterocycles. The lowest BCUT2D eigenvalue weighted by Gasteiger charge is -2.15. The molecule has 2 aromatic carbocycles. The van der Waals surface area contributed by atoms with Crippen molar-refractivity contribution in [2.24, 2.45) is 0 Å². The first kappa shape index (κ1) is 18.9. The van der Waals surface area contributed by atoms with Crippen LogP contribution in [0.3, 0.4) is 0 Å². The highest BCUT2D eigenvalue weighted by molar-refractivity contribution is 7.98. The molecule has 0 saturated carbocycles. The van der Waals surface area contributed by atoms with Gasteiger partial charge in [0.15, 0.2) is 6.10 Å². The van der Waals surface area contributed by atoms with Crippen LogP contribution in [0.25, 0.3) is 0 Å². The van der Waals surface area contributed by atoms with E-state index >= 15 is 0 Å². The van der Waals surface area contributed by atoms with E-state index in [1.807, 2.05) is 42.7 Å². The Labute approximate surface area is 151 Å². The van der Waals surface area contributed by atoms with E-state index in [0.29, 0.717) is 17.9 Å². The molecule has 0 aromatic heterocycles. The third-order valence-corrected chi connectivity index (χ3v) is 4.32. The summed E-state index contributed by atoms with van der Waals surface area (Å²) in [5.74, 6) is -0.516. The first-order valence-electron chi connectivity index (χ1n) is 7.79. The highest BCUT2D eigenvalue weighted by Crippen LogP contribution is 2.26. The minimum Gasteiger partial charge on any atom is -0.496 e. The second kappa shape index (κ2) is 9.13. The van der Waals surface area contributed by atoms with Crippen molar-refractivity contribution in [3.05, 3.63) is 59.7 Å². The van der Waals surface area contributed by atoms with Crippen molar-refractivity contribution < 1.29 is 19.1 Å². The van der Waals surface area contributed by atoms with Crippen LogP contribution in [0.1, 0.15) is 22.8 Å². The standard InChI is InChI=1S/C19H21NO4S/c1-13(18(21)20-12-14-7-5-4-6-8-14)24-19(22)16-10-9-15(25-3)11-17(16)23-2/h4-11,13H,12H2,1-3H3,(H,20,21)/t13-/m0/s1. The van der Waals surface area contributed by atoms with Gasteiger partial charge in [-0.15, -0.1) is 11.8 Å². The molecule has 0 saturated heterocycles. The average molecular weight is 359 g/mol. The lowest BCUT2D eigenvalue weighted by molar-refractivity contribution is -0.129. The zero-order chi connectivity index (χ0) is 18.2. The van der Waals surface area contributed by atoms with Crippen molar-refractivity contribution in [1.82, 2.24) is 5.32 Å². The van der Waals surface area contributed by atoms with Crippen LogP contribution < -0.4 is 10.1 Å².